The standard InChI is InChI=1S/C20H31N3O2.C13H16N2O4/c1-2-3-4-5-6-7-8-9-10-15-11-19(24)23(20(15)25)18-13-16(21)12-17(22)14-18;1-8(2)12(16)18-3-4-19-13(17)9-5-10(14)7-11(15)6-9/h12-15H,2-11,21-22H2,1H3;5-7H,1,3-4,14-15H2,2H3. The van der Waals surface area contributed by atoms with E-state index in [9.17, 15) is 19.2 Å². The molecular weight excluding hydrogens is 562 g/mol. The molecule has 1 heterocycles. The first-order valence-electron chi connectivity index (χ1n) is 15.1. The van der Waals surface area contributed by atoms with Gasteiger partial charge in [0.15, 0.2) is 0 Å². The molecular formula is C33H47N5O6. The first-order valence-corrected chi connectivity index (χ1v) is 15.1. The average Bonchev–Trinajstić information content (AvgIpc) is 3.23. The molecule has 0 bridgehead atoms. The number of ether oxygens (including phenoxy) is 2. The van der Waals surface area contributed by atoms with Crippen molar-refractivity contribution >= 4 is 52.2 Å². The number of unbranched alkanes of at least 4 members (excludes halogenated alkanes) is 7. The fraction of sp³-hybridized carbons (Fsp3) is 0.455. The Morgan fingerprint density at radius 1 is 0.795 bits per heavy atom. The third kappa shape index (κ3) is 12.0. The number of imide groups is 1. The highest BCUT2D eigenvalue weighted by molar-refractivity contribution is 6.21. The molecule has 0 aromatic heterocycles. The number of amides is 2. The second kappa shape index (κ2) is 18.2. The van der Waals surface area contributed by atoms with Gasteiger partial charge >= 0.3 is 11.9 Å². The summed E-state index contributed by atoms with van der Waals surface area (Å²) in [5.41, 5.74) is 25.4. The van der Waals surface area contributed by atoms with Gasteiger partial charge in [0.1, 0.15) is 13.2 Å². The van der Waals surface area contributed by atoms with Gasteiger partial charge in [-0.3, -0.25) is 14.5 Å². The van der Waals surface area contributed by atoms with Gasteiger partial charge in [-0.05, 0) is 49.7 Å². The molecule has 2 amide bonds. The number of rotatable bonds is 15. The lowest BCUT2D eigenvalue weighted by atomic mass is 9.98. The Kier molecular flexibility index (Phi) is 14.7. The number of hydrogen-bond donors (Lipinski definition) is 4. The highest BCUT2D eigenvalue weighted by atomic mass is 16.6. The summed E-state index contributed by atoms with van der Waals surface area (Å²) in [6.07, 6.45) is 10.9. The molecule has 1 atom stereocenters. The van der Waals surface area contributed by atoms with Crippen LogP contribution >= 0.6 is 0 Å². The summed E-state index contributed by atoms with van der Waals surface area (Å²) in [5, 5.41) is 0. The van der Waals surface area contributed by atoms with Crippen LogP contribution < -0.4 is 27.8 Å². The third-order valence-corrected chi connectivity index (χ3v) is 6.98. The Hall–Kier alpha value is -4.54. The molecule has 11 nitrogen and oxygen atoms in total. The predicted molar refractivity (Wildman–Crippen MR) is 174 cm³/mol. The van der Waals surface area contributed by atoms with Crippen LogP contribution in [-0.2, 0) is 23.9 Å². The lowest BCUT2D eigenvalue weighted by molar-refractivity contribution is -0.140. The predicted octanol–water partition coefficient (Wildman–Crippen LogP) is 5.39. The van der Waals surface area contributed by atoms with Gasteiger partial charge in [0, 0.05) is 40.7 Å². The molecule has 1 aliphatic rings. The van der Waals surface area contributed by atoms with Gasteiger partial charge in [-0.15, -0.1) is 0 Å². The van der Waals surface area contributed by atoms with Gasteiger partial charge in [-0.1, -0.05) is 64.9 Å². The molecule has 1 saturated heterocycles. The minimum atomic E-state index is -0.578. The van der Waals surface area contributed by atoms with Gasteiger partial charge in [-0.2, -0.15) is 0 Å². The van der Waals surface area contributed by atoms with Crippen molar-refractivity contribution in [2.75, 3.05) is 41.0 Å². The number of nitrogen functional groups attached to an aromatic ring is 4. The Bertz CT molecular complexity index is 1270. The Morgan fingerprint density at radius 2 is 1.30 bits per heavy atom. The number of benzene rings is 2. The van der Waals surface area contributed by atoms with Gasteiger partial charge in [0.2, 0.25) is 11.8 Å². The summed E-state index contributed by atoms with van der Waals surface area (Å²) < 4.78 is 9.68. The number of nitrogens with zero attached hydrogens (tertiary/aromatic N) is 1. The highest BCUT2D eigenvalue weighted by Gasteiger charge is 2.39. The van der Waals surface area contributed by atoms with Crippen molar-refractivity contribution in [2.45, 2.75) is 78.1 Å². The van der Waals surface area contributed by atoms with Gasteiger partial charge in [0.05, 0.1) is 11.3 Å². The van der Waals surface area contributed by atoms with Crippen LogP contribution in [-0.4, -0.2) is 37.0 Å². The van der Waals surface area contributed by atoms with Crippen molar-refractivity contribution in [1.82, 2.24) is 0 Å². The van der Waals surface area contributed by atoms with Crippen LogP contribution in [0, 0.1) is 5.92 Å². The van der Waals surface area contributed by atoms with E-state index in [2.05, 4.69) is 13.5 Å². The maximum Gasteiger partial charge on any atom is 0.338 e. The lowest BCUT2D eigenvalue weighted by Gasteiger charge is -2.16. The number of esters is 2. The topological polar surface area (TPSA) is 194 Å². The van der Waals surface area contributed by atoms with E-state index in [1.54, 1.807) is 18.2 Å². The molecule has 240 valence electrons. The van der Waals surface area contributed by atoms with E-state index in [0.29, 0.717) is 34.9 Å². The molecule has 2 aromatic rings. The monoisotopic (exact) mass is 609 g/mol. The van der Waals surface area contributed by atoms with E-state index >= 15 is 0 Å². The molecule has 0 saturated carbocycles. The van der Waals surface area contributed by atoms with E-state index in [1.807, 2.05) is 0 Å². The quantitative estimate of drug-likeness (QED) is 0.0668. The lowest BCUT2D eigenvalue weighted by Crippen LogP contribution is -2.30. The molecule has 11 heteroatoms. The average molecular weight is 610 g/mol. The van der Waals surface area contributed by atoms with Crippen LogP contribution in [0.2, 0.25) is 0 Å². The zero-order valence-corrected chi connectivity index (χ0v) is 25.9. The summed E-state index contributed by atoms with van der Waals surface area (Å²) in [7, 11) is 0. The highest BCUT2D eigenvalue weighted by Crippen LogP contribution is 2.32. The molecule has 1 unspecified atom stereocenters. The van der Waals surface area contributed by atoms with E-state index < -0.39 is 11.9 Å². The molecule has 1 aliphatic heterocycles. The third-order valence-electron chi connectivity index (χ3n) is 6.98. The Morgan fingerprint density at radius 3 is 1.84 bits per heavy atom. The van der Waals surface area contributed by atoms with E-state index in [4.69, 9.17) is 32.4 Å². The number of carbonyl (C=O) groups is 4. The van der Waals surface area contributed by atoms with Crippen molar-refractivity contribution < 1.29 is 28.7 Å². The fourth-order valence-electron chi connectivity index (χ4n) is 4.77. The molecule has 2 aromatic carbocycles. The van der Waals surface area contributed by atoms with Crippen LogP contribution in [0.3, 0.4) is 0 Å². The second-order valence-corrected chi connectivity index (χ2v) is 11.0. The SMILES string of the molecule is C=C(C)C(=O)OCCOC(=O)c1cc(N)cc(N)c1.CCCCCCCCCCC1CC(=O)N(c2cc(N)cc(N)c2)C1=O. The van der Waals surface area contributed by atoms with Crippen LogP contribution in [0.15, 0.2) is 48.6 Å². The maximum atomic E-state index is 12.6. The van der Waals surface area contributed by atoms with Crippen LogP contribution in [0.5, 0.6) is 0 Å². The first-order chi connectivity index (χ1) is 20.9. The molecule has 0 aliphatic carbocycles. The van der Waals surface area contributed by atoms with Crippen LogP contribution in [0.1, 0.15) is 88.4 Å². The molecule has 0 radical (unpaired) electrons. The molecule has 0 spiro atoms. The second-order valence-electron chi connectivity index (χ2n) is 11.0. The number of anilines is 5. The number of hydrogen-bond acceptors (Lipinski definition) is 10. The van der Waals surface area contributed by atoms with Gasteiger partial charge in [0.25, 0.3) is 0 Å². The number of nitrogens with two attached hydrogens (primary N) is 4. The zero-order chi connectivity index (χ0) is 32.6. The summed E-state index contributed by atoms with van der Waals surface area (Å²) in [4.78, 5) is 48.8. The molecule has 3 rings (SSSR count). The van der Waals surface area contributed by atoms with Crippen molar-refractivity contribution in [3.8, 4) is 0 Å². The minimum Gasteiger partial charge on any atom is -0.459 e. The molecule has 44 heavy (non-hydrogen) atoms. The zero-order valence-electron chi connectivity index (χ0n) is 25.9. The Balaban J connectivity index is 0.000000319. The van der Waals surface area contributed by atoms with E-state index in [-0.39, 0.29) is 42.1 Å². The largest absolute Gasteiger partial charge is 0.459 e. The summed E-state index contributed by atoms with van der Waals surface area (Å²) in [6.45, 7) is 7.10. The fourth-order valence-corrected chi connectivity index (χ4v) is 4.77. The van der Waals surface area contributed by atoms with Crippen molar-refractivity contribution in [1.29, 1.82) is 0 Å². The summed E-state index contributed by atoms with van der Waals surface area (Å²) in [5.74, 6) is -1.57. The van der Waals surface area contributed by atoms with E-state index in [0.717, 1.165) is 19.3 Å². The van der Waals surface area contributed by atoms with Gasteiger partial charge < -0.3 is 32.4 Å². The molecule has 1 fully saturated rings. The molecule has 8 N–H and O–H groups in total. The smallest absolute Gasteiger partial charge is 0.338 e. The van der Waals surface area contributed by atoms with Crippen molar-refractivity contribution in [3.05, 3.63) is 54.1 Å². The van der Waals surface area contributed by atoms with E-state index in [1.165, 1.54) is 68.5 Å². The number of carbonyl (C=O) groups excluding carboxylic acids is 4. The first kappa shape index (κ1) is 35.7. The van der Waals surface area contributed by atoms with Crippen molar-refractivity contribution in [2.24, 2.45) is 5.92 Å². The van der Waals surface area contributed by atoms with Crippen molar-refractivity contribution in [3.63, 3.8) is 0 Å². The normalized spacial score (nSPS) is 14.1. The maximum absolute atomic E-state index is 12.6. The van der Waals surface area contributed by atoms with Crippen LogP contribution in [0.25, 0.3) is 0 Å². The summed E-state index contributed by atoms with van der Waals surface area (Å²) >= 11 is 0. The van der Waals surface area contributed by atoms with Gasteiger partial charge in [-0.25, -0.2) is 9.59 Å². The summed E-state index contributed by atoms with van der Waals surface area (Å²) in [6, 6.07) is 9.32. The Labute approximate surface area is 259 Å². The van der Waals surface area contributed by atoms with Crippen LogP contribution in [0.4, 0.5) is 28.4 Å². The minimum absolute atomic E-state index is 0.0325.